The van der Waals surface area contributed by atoms with Crippen molar-refractivity contribution in [3.05, 3.63) is 54.1 Å². The van der Waals surface area contributed by atoms with Crippen molar-refractivity contribution < 1.29 is 15.1 Å². The second kappa shape index (κ2) is 6.52. The van der Waals surface area contributed by atoms with Crippen molar-refractivity contribution in [2.24, 2.45) is 11.1 Å². The number of rotatable bonds is 6. The average Bonchev–Trinajstić information content (AvgIpc) is 3.38. The Labute approximate surface area is 134 Å². The number of benzene rings is 2. The van der Waals surface area contributed by atoms with E-state index in [2.05, 4.69) is 10.5 Å². The fourth-order valence-electron chi connectivity index (χ4n) is 2.58. The second-order valence-corrected chi connectivity index (χ2v) is 5.67. The maximum atomic E-state index is 11.3. The smallest absolute Gasteiger partial charge is 0.358 e. The van der Waals surface area contributed by atoms with Gasteiger partial charge in [-0.3, -0.25) is 0 Å². The van der Waals surface area contributed by atoms with E-state index in [9.17, 15) is 9.90 Å². The van der Waals surface area contributed by atoms with Crippen LogP contribution < -0.4 is 5.32 Å². The van der Waals surface area contributed by atoms with Crippen LogP contribution in [0.3, 0.4) is 0 Å². The normalized spacial score (nSPS) is 14.5. The van der Waals surface area contributed by atoms with E-state index in [-0.39, 0.29) is 5.71 Å². The third kappa shape index (κ3) is 3.34. The molecule has 2 aromatic carbocycles. The number of carboxylic acids is 1. The summed E-state index contributed by atoms with van der Waals surface area (Å²) < 4.78 is 0. The van der Waals surface area contributed by atoms with Crippen molar-refractivity contribution in [3.63, 3.8) is 0 Å². The van der Waals surface area contributed by atoms with Crippen molar-refractivity contribution in [3.8, 4) is 11.1 Å². The molecule has 0 saturated heterocycles. The van der Waals surface area contributed by atoms with E-state index in [0.717, 1.165) is 29.3 Å². The number of anilines is 1. The van der Waals surface area contributed by atoms with Gasteiger partial charge >= 0.3 is 5.97 Å². The molecule has 23 heavy (non-hydrogen) atoms. The van der Waals surface area contributed by atoms with Crippen molar-refractivity contribution >= 4 is 17.4 Å². The Kier molecular flexibility index (Phi) is 4.28. The standard InChI is InChI=1S/C18H18N2O3/c21-18(22)17(20-23)15-7-2-1-5-13(15)14-6-3-4-8-16(14)19-11-12-9-10-12/h1-8,12,19,23H,9-11H2,(H,21,22)/b20-17-. The fourth-order valence-corrected chi connectivity index (χ4v) is 2.58. The van der Waals surface area contributed by atoms with Gasteiger partial charge in [-0.1, -0.05) is 47.6 Å². The minimum atomic E-state index is -1.26. The highest BCUT2D eigenvalue weighted by atomic mass is 16.4. The van der Waals surface area contributed by atoms with Gasteiger partial charge in [-0.25, -0.2) is 4.79 Å². The van der Waals surface area contributed by atoms with E-state index >= 15 is 0 Å². The van der Waals surface area contributed by atoms with Crippen LogP contribution in [-0.2, 0) is 4.79 Å². The Morgan fingerprint density at radius 3 is 2.39 bits per heavy atom. The molecular formula is C18H18N2O3. The molecule has 0 radical (unpaired) electrons. The summed E-state index contributed by atoms with van der Waals surface area (Å²) in [7, 11) is 0. The summed E-state index contributed by atoms with van der Waals surface area (Å²) in [4.78, 5) is 11.3. The second-order valence-electron chi connectivity index (χ2n) is 5.67. The molecule has 2 aromatic rings. The maximum Gasteiger partial charge on any atom is 0.358 e. The predicted octanol–water partition coefficient (Wildman–Crippen LogP) is 3.44. The minimum absolute atomic E-state index is 0.363. The Morgan fingerprint density at radius 1 is 1.09 bits per heavy atom. The number of para-hydroxylation sites is 1. The molecule has 0 spiro atoms. The fraction of sp³-hybridized carbons (Fsp3) is 0.222. The molecule has 3 N–H and O–H groups in total. The lowest BCUT2D eigenvalue weighted by Gasteiger charge is -2.14. The van der Waals surface area contributed by atoms with Gasteiger partial charge in [0.15, 0.2) is 5.71 Å². The summed E-state index contributed by atoms with van der Waals surface area (Å²) in [5, 5.41) is 24.7. The van der Waals surface area contributed by atoms with E-state index in [1.807, 2.05) is 36.4 Å². The monoisotopic (exact) mass is 310 g/mol. The summed E-state index contributed by atoms with van der Waals surface area (Å²) in [6, 6.07) is 14.8. The molecule has 5 nitrogen and oxygen atoms in total. The number of oxime groups is 1. The SMILES string of the molecule is O=C(O)/C(=N\O)c1ccccc1-c1ccccc1NCC1CC1. The lowest BCUT2D eigenvalue weighted by Crippen LogP contribution is -2.15. The molecule has 1 aliphatic carbocycles. The van der Waals surface area contributed by atoms with E-state index in [1.54, 1.807) is 12.1 Å². The predicted molar refractivity (Wildman–Crippen MR) is 89.1 cm³/mol. The Bertz CT molecular complexity index is 751. The third-order valence-electron chi connectivity index (χ3n) is 3.98. The van der Waals surface area contributed by atoms with Crippen LogP contribution in [0.1, 0.15) is 18.4 Å². The molecule has 0 heterocycles. The number of carboxylic acid groups (broad SMARTS) is 1. The van der Waals surface area contributed by atoms with Gasteiger partial charge in [0.05, 0.1) is 0 Å². The molecule has 0 atom stereocenters. The summed E-state index contributed by atoms with van der Waals surface area (Å²) in [6.45, 7) is 0.916. The van der Waals surface area contributed by atoms with Crippen LogP contribution in [0.5, 0.6) is 0 Å². The highest BCUT2D eigenvalue weighted by molar-refractivity contribution is 6.43. The topological polar surface area (TPSA) is 81.9 Å². The minimum Gasteiger partial charge on any atom is -0.476 e. The summed E-state index contributed by atoms with van der Waals surface area (Å²) in [5.74, 6) is -0.532. The third-order valence-corrected chi connectivity index (χ3v) is 3.98. The van der Waals surface area contributed by atoms with Crippen LogP contribution in [0.15, 0.2) is 53.7 Å². The molecule has 118 valence electrons. The zero-order valence-corrected chi connectivity index (χ0v) is 12.6. The van der Waals surface area contributed by atoms with Crippen molar-refractivity contribution in [2.75, 3.05) is 11.9 Å². The quantitative estimate of drug-likeness (QED) is 0.434. The number of carbonyl (C=O) groups is 1. The molecule has 5 heteroatoms. The van der Waals surface area contributed by atoms with Crippen LogP contribution in [0.4, 0.5) is 5.69 Å². The first-order chi connectivity index (χ1) is 11.2. The molecule has 0 aliphatic heterocycles. The summed E-state index contributed by atoms with van der Waals surface area (Å²) in [5.41, 5.74) is 2.60. The zero-order chi connectivity index (χ0) is 16.2. The number of aliphatic carboxylic acids is 1. The molecule has 1 saturated carbocycles. The van der Waals surface area contributed by atoms with Gasteiger partial charge in [-0.05, 0) is 30.4 Å². The number of nitrogens with zero attached hydrogens (tertiary/aromatic N) is 1. The lowest BCUT2D eigenvalue weighted by molar-refractivity contribution is -0.129. The van der Waals surface area contributed by atoms with Gasteiger partial charge in [0.1, 0.15) is 0 Å². The first-order valence-corrected chi connectivity index (χ1v) is 7.58. The number of hydrogen-bond donors (Lipinski definition) is 3. The first-order valence-electron chi connectivity index (χ1n) is 7.58. The first kappa shape index (κ1) is 15.1. The van der Waals surface area contributed by atoms with E-state index in [0.29, 0.717) is 5.56 Å². The zero-order valence-electron chi connectivity index (χ0n) is 12.6. The largest absolute Gasteiger partial charge is 0.476 e. The Morgan fingerprint density at radius 2 is 1.74 bits per heavy atom. The van der Waals surface area contributed by atoms with Crippen LogP contribution in [0.25, 0.3) is 11.1 Å². The van der Waals surface area contributed by atoms with Gasteiger partial charge in [0, 0.05) is 23.4 Å². The van der Waals surface area contributed by atoms with Gasteiger partial charge in [0.2, 0.25) is 0 Å². The molecule has 3 rings (SSSR count). The molecule has 0 amide bonds. The summed E-state index contributed by atoms with van der Waals surface area (Å²) in [6.07, 6.45) is 2.51. The van der Waals surface area contributed by atoms with Gasteiger partial charge in [0.25, 0.3) is 0 Å². The van der Waals surface area contributed by atoms with Gasteiger partial charge in [-0.15, -0.1) is 0 Å². The van der Waals surface area contributed by atoms with Crippen LogP contribution in [0.2, 0.25) is 0 Å². The Hall–Kier alpha value is -2.82. The van der Waals surface area contributed by atoms with Crippen molar-refractivity contribution in [1.82, 2.24) is 0 Å². The highest BCUT2D eigenvalue weighted by Crippen LogP contribution is 2.33. The maximum absolute atomic E-state index is 11.3. The molecule has 0 aromatic heterocycles. The molecule has 0 unspecified atom stereocenters. The average molecular weight is 310 g/mol. The summed E-state index contributed by atoms with van der Waals surface area (Å²) >= 11 is 0. The molecule has 0 bridgehead atoms. The van der Waals surface area contributed by atoms with Crippen LogP contribution in [0, 0.1) is 5.92 Å². The van der Waals surface area contributed by atoms with Gasteiger partial charge in [-0.2, -0.15) is 0 Å². The highest BCUT2D eigenvalue weighted by Gasteiger charge is 2.22. The number of hydrogen-bond acceptors (Lipinski definition) is 4. The Balaban J connectivity index is 2.03. The molecule has 1 fully saturated rings. The van der Waals surface area contributed by atoms with Crippen LogP contribution >= 0.6 is 0 Å². The van der Waals surface area contributed by atoms with E-state index in [1.165, 1.54) is 12.8 Å². The van der Waals surface area contributed by atoms with Crippen molar-refractivity contribution in [2.45, 2.75) is 12.8 Å². The number of nitrogens with one attached hydrogen (secondary N) is 1. The van der Waals surface area contributed by atoms with E-state index < -0.39 is 5.97 Å². The van der Waals surface area contributed by atoms with Crippen molar-refractivity contribution in [1.29, 1.82) is 0 Å². The van der Waals surface area contributed by atoms with Crippen LogP contribution in [-0.4, -0.2) is 28.5 Å². The van der Waals surface area contributed by atoms with E-state index in [4.69, 9.17) is 5.21 Å². The molecular weight excluding hydrogens is 292 g/mol. The van der Waals surface area contributed by atoms with Gasteiger partial charge < -0.3 is 15.6 Å². The lowest BCUT2D eigenvalue weighted by atomic mass is 9.95. The molecule has 1 aliphatic rings.